The highest BCUT2D eigenvalue weighted by atomic mass is 16.2. The van der Waals surface area contributed by atoms with Gasteiger partial charge in [-0.1, -0.05) is 37.3 Å². The van der Waals surface area contributed by atoms with Gasteiger partial charge in [0.15, 0.2) is 0 Å². The number of amides is 2. The Bertz CT molecular complexity index is 971. The van der Waals surface area contributed by atoms with Crippen molar-refractivity contribution in [3.8, 4) is 0 Å². The molecule has 1 unspecified atom stereocenters. The molecule has 5 heteroatoms. The number of nitrogens with one attached hydrogen (secondary N) is 2. The zero-order valence-corrected chi connectivity index (χ0v) is 18.7. The summed E-state index contributed by atoms with van der Waals surface area (Å²) < 4.78 is 0. The molecule has 0 bridgehead atoms. The average molecular weight is 420 g/mol. The largest absolute Gasteiger partial charge is 0.356 e. The zero-order chi connectivity index (χ0) is 21.8. The Hall–Kier alpha value is -2.66. The third-order valence-corrected chi connectivity index (χ3v) is 6.99. The number of fused-ring (bicyclic) bond motifs is 1. The average Bonchev–Trinajstić information content (AvgIpc) is 3.11. The first-order chi connectivity index (χ1) is 14.9. The quantitative estimate of drug-likeness (QED) is 0.724. The predicted octanol–water partition coefficient (Wildman–Crippen LogP) is 3.24. The summed E-state index contributed by atoms with van der Waals surface area (Å²) in [6.45, 7) is 8.36. The Kier molecular flexibility index (Phi) is 6.42. The molecule has 2 heterocycles. The molecule has 2 aromatic carbocycles. The fourth-order valence-electron chi connectivity index (χ4n) is 4.68. The van der Waals surface area contributed by atoms with E-state index < -0.39 is 0 Å². The van der Waals surface area contributed by atoms with Crippen molar-refractivity contribution in [1.82, 2.24) is 15.5 Å². The molecule has 2 amide bonds. The van der Waals surface area contributed by atoms with Crippen LogP contribution in [0.1, 0.15) is 52.4 Å². The Morgan fingerprint density at radius 2 is 2.00 bits per heavy atom. The van der Waals surface area contributed by atoms with E-state index in [2.05, 4.69) is 46.7 Å². The first-order valence-corrected chi connectivity index (χ1v) is 11.4. The van der Waals surface area contributed by atoms with Gasteiger partial charge in [0.2, 0.25) is 5.91 Å². The molecule has 2 aliphatic heterocycles. The smallest absolute Gasteiger partial charge is 0.251 e. The van der Waals surface area contributed by atoms with E-state index >= 15 is 0 Å². The first kappa shape index (κ1) is 21.6. The van der Waals surface area contributed by atoms with Gasteiger partial charge in [-0.25, -0.2) is 0 Å². The lowest BCUT2D eigenvalue weighted by Crippen LogP contribution is -2.37. The summed E-state index contributed by atoms with van der Waals surface area (Å²) in [5.41, 5.74) is 5.57. The van der Waals surface area contributed by atoms with Crippen molar-refractivity contribution in [2.45, 2.75) is 46.1 Å². The van der Waals surface area contributed by atoms with E-state index in [1.807, 2.05) is 25.1 Å². The Morgan fingerprint density at radius 1 is 1.19 bits per heavy atom. The van der Waals surface area contributed by atoms with Crippen molar-refractivity contribution in [3.05, 3.63) is 70.3 Å². The highest BCUT2D eigenvalue weighted by molar-refractivity contribution is 5.94. The Balaban J connectivity index is 1.30. The molecule has 0 saturated carbocycles. The molecule has 164 valence electrons. The van der Waals surface area contributed by atoms with E-state index in [1.165, 1.54) is 16.7 Å². The van der Waals surface area contributed by atoms with Crippen LogP contribution in [-0.2, 0) is 24.2 Å². The van der Waals surface area contributed by atoms with E-state index in [-0.39, 0.29) is 17.2 Å². The van der Waals surface area contributed by atoms with E-state index in [1.54, 1.807) is 0 Å². The summed E-state index contributed by atoms with van der Waals surface area (Å²) in [5, 5.41) is 6.02. The summed E-state index contributed by atoms with van der Waals surface area (Å²) in [6, 6.07) is 14.5. The van der Waals surface area contributed by atoms with Gasteiger partial charge in [-0.05, 0) is 67.0 Å². The summed E-state index contributed by atoms with van der Waals surface area (Å²) in [5.74, 6) is 0.128. The molecule has 2 N–H and O–H groups in total. The maximum atomic E-state index is 12.7. The summed E-state index contributed by atoms with van der Waals surface area (Å²) >= 11 is 0. The van der Waals surface area contributed by atoms with Crippen LogP contribution in [-0.4, -0.2) is 42.9 Å². The standard InChI is InChI=1S/C26H33N3O2/c1-19-7-8-22(17-21(19)9-11-26(2)12-13-28-25(26)31)24(30)27-14-16-29-15-10-20-5-3-4-6-23(20)18-29/h3-8,17H,9-16,18H2,1-2H3,(H,27,30)(H,28,31). The minimum atomic E-state index is -0.294. The van der Waals surface area contributed by atoms with E-state index in [9.17, 15) is 9.59 Å². The van der Waals surface area contributed by atoms with Gasteiger partial charge in [0, 0.05) is 43.7 Å². The van der Waals surface area contributed by atoms with Crippen molar-refractivity contribution >= 4 is 11.8 Å². The number of benzene rings is 2. The molecule has 0 spiro atoms. The number of hydrogen-bond acceptors (Lipinski definition) is 3. The predicted molar refractivity (Wildman–Crippen MR) is 123 cm³/mol. The SMILES string of the molecule is Cc1ccc(C(=O)NCCN2CCc3ccccc3C2)cc1CCC1(C)CCNC1=O. The monoisotopic (exact) mass is 419 g/mol. The van der Waals surface area contributed by atoms with Gasteiger partial charge in [-0.15, -0.1) is 0 Å². The molecule has 5 nitrogen and oxygen atoms in total. The molecule has 31 heavy (non-hydrogen) atoms. The van der Waals surface area contributed by atoms with Crippen LogP contribution in [0.3, 0.4) is 0 Å². The molecule has 0 radical (unpaired) electrons. The fourth-order valence-corrected chi connectivity index (χ4v) is 4.68. The highest BCUT2D eigenvalue weighted by Crippen LogP contribution is 2.32. The molecule has 1 fully saturated rings. The van der Waals surface area contributed by atoms with E-state index in [0.717, 1.165) is 57.4 Å². The third kappa shape index (κ3) is 4.99. The lowest BCUT2D eigenvalue weighted by molar-refractivity contribution is -0.127. The molecule has 2 aliphatic rings. The molecule has 1 saturated heterocycles. The van der Waals surface area contributed by atoms with Gasteiger partial charge in [0.05, 0.1) is 0 Å². The molecule has 4 rings (SSSR count). The number of rotatable bonds is 7. The minimum Gasteiger partial charge on any atom is -0.356 e. The maximum Gasteiger partial charge on any atom is 0.251 e. The zero-order valence-electron chi connectivity index (χ0n) is 18.7. The van der Waals surface area contributed by atoms with Gasteiger partial charge < -0.3 is 10.6 Å². The van der Waals surface area contributed by atoms with Crippen LogP contribution in [0.4, 0.5) is 0 Å². The Labute approximate surface area is 185 Å². The Morgan fingerprint density at radius 3 is 2.77 bits per heavy atom. The van der Waals surface area contributed by atoms with Crippen LogP contribution >= 0.6 is 0 Å². The normalized spacial score (nSPS) is 20.9. The third-order valence-electron chi connectivity index (χ3n) is 6.99. The summed E-state index contributed by atoms with van der Waals surface area (Å²) in [4.78, 5) is 27.2. The van der Waals surface area contributed by atoms with Gasteiger partial charge in [0.25, 0.3) is 5.91 Å². The molecule has 2 aromatic rings. The number of carbonyl (C=O) groups excluding carboxylic acids is 2. The molecule has 0 aromatic heterocycles. The van der Waals surface area contributed by atoms with Crippen molar-refractivity contribution in [3.63, 3.8) is 0 Å². The number of aryl methyl sites for hydroxylation is 2. The lowest BCUT2D eigenvalue weighted by Gasteiger charge is -2.28. The summed E-state index contributed by atoms with van der Waals surface area (Å²) in [6.07, 6.45) is 3.57. The lowest BCUT2D eigenvalue weighted by atomic mass is 9.82. The summed E-state index contributed by atoms with van der Waals surface area (Å²) in [7, 11) is 0. The van der Waals surface area contributed by atoms with Crippen molar-refractivity contribution in [2.24, 2.45) is 5.41 Å². The van der Waals surface area contributed by atoms with E-state index in [0.29, 0.717) is 12.1 Å². The van der Waals surface area contributed by atoms with Crippen LogP contribution in [0.5, 0.6) is 0 Å². The van der Waals surface area contributed by atoms with Crippen molar-refractivity contribution in [1.29, 1.82) is 0 Å². The van der Waals surface area contributed by atoms with Gasteiger partial charge >= 0.3 is 0 Å². The van der Waals surface area contributed by atoms with Crippen molar-refractivity contribution < 1.29 is 9.59 Å². The first-order valence-electron chi connectivity index (χ1n) is 11.4. The van der Waals surface area contributed by atoms with Crippen LogP contribution in [0, 0.1) is 12.3 Å². The second-order valence-corrected chi connectivity index (χ2v) is 9.26. The van der Waals surface area contributed by atoms with Gasteiger partial charge in [0.1, 0.15) is 0 Å². The number of hydrogen-bond donors (Lipinski definition) is 2. The van der Waals surface area contributed by atoms with Gasteiger partial charge in [-0.3, -0.25) is 14.5 Å². The minimum absolute atomic E-state index is 0.0246. The van der Waals surface area contributed by atoms with Gasteiger partial charge in [-0.2, -0.15) is 0 Å². The van der Waals surface area contributed by atoms with Crippen molar-refractivity contribution in [2.75, 3.05) is 26.2 Å². The second-order valence-electron chi connectivity index (χ2n) is 9.26. The van der Waals surface area contributed by atoms with Crippen LogP contribution < -0.4 is 10.6 Å². The van der Waals surface area contributed by atoms with E-state index in [4.69, 9.17) is 0 Å². The van der Waals surface area contributed by atoms with Crippen LogP contribution in [0.25, 0.3) is 0 Å². The highest BCUT2D eigenvalue weighted by Gasteiger charge is 2.37. The van der Waals surface area contributed by atoms with Crippen LogP contribution in [0.2, 0.25) is 0 Å². The second kappa shape index (κ2) is 9.23. The topological polar surface area (TPSA) is 61.4 Å². The molecule has 1 atom stereocenters. The maximum absolute atomic E-state index is 12.7. The number of carbonyl (C=O) groups is 2. The molecular weight excluding hydrogens is 386 g/mol. The van der Waals surface area contributed by atoms with Crippen LogP contribution in [0.15, 0.2) is 42.5 Å². The molecule has 0 aliphatic carbocycles. The molecular formula is C26H33N3O2. The fraction of sp³-hybridized carbons (Fsp3) is 0.462. The number of nitrogens with zero attached hydrogens (tertiary/aromatic N) is 1.